The smallest absolute Gasteiger partial charge is 0.398 e. The third kappa shape index (κ3) is 5.17. The molecule has 1 aromatic rings. The minimum atomic E-state index is -4.45. The number of carbonyl (C=O) groups excluding carboxylic acids is 1. The lowest BCUT2D eigenvalue weighted by molar-refractivity contribution is -0.137. The number of nitrogen functional groups attached to an aromatic ring is 1. The molecule has 31 heavy (non-hydrogen) atoms. The van der Waals surface area contributed by atoms with E-state index in [4.69, 9.17) is 10.5 Å². The van der Waals surface area contributed by atoms with Crippen LogP contribution in [-0.2, 0) is 22.3 Å². The third-order valence-electron chi connectivity index (χ3n) is 7.33. The van der Waals surface area contributed by atoms with E-state index in [1.807, 2.05) is 0 Å². The Morgan fingerprint density at radius 3 is 2.55 bits per heavy atom. The van der Waals surface area contributed by atoms with Gasteiger partial charge in [0, 0.05) is 37.5 Å². The van der Waals surface area contributed by atoms with Crippen LogP contribution in [0.4, 0.5) is 18.9 Å². The lowest BCUT2D eigenvalue weighted by Crippen LogP contribution is -2.46. The second-order valence-corrected chi connectivity index (χ2v) is 9.31. The number of amides is 1. The van der Waals surface area contributed by atoms with Gasteiger partial charge in [-0.1, -0.05) is 13.8 Å². The molecule has 0 aromatic heterocycles. The maximum atomic E-state index is 13.3. The molecule has 2 fully saturated rings. The number of anilines is 1. The molecule has 2 atom stereocenters. The summed E-state index contributed by atoms with van der Waals surface area (Å²) in [5.74, 6) is 0.0293. The van der Waals surface area contributed by atoms with Crippen LogP contribution in [0.3, 0.4) is 0 Å². The highest BCUT2D eigenvalue weighted by Crippen LogP contribution is 2.46. The van der Waals surface area contributed by atoms with Crippen molar-refractivity contribution in [2.24, 2.45) is 11.3 Å². The number of nitrogens with two attached hydrogens (primary N) is 1. The number of hydrogen-bond acceptors (Lipinski definition) is 4. The predicted molar refractivity (Wildman–Crippen MR) is 114 cm³/mol. The highest BCUT2D eigenvalue weighted by molar-refractivity contribution is 5.83. The lowest BCUT2D eigenvalue weighted by Gasteiger charge is -2.37. The highest BCUT2D eigenvalue weighted by atomic mass is 19.4. The second kappa shape index (κ2) is 9.36. The molecule has 1 aliphatic heterocycles. The number of nitrogens with zero attached hydrogens (tertiary/aromatic N) is 1. The van der Waals surface area contributed by atoms with Crippen molar-refractivity contribution in [3.05, 3.63) is 29.3 Å². The van der Waals surface area contributed by atoms with Gasteiger partial charge in [0.2, 0.25) is 5.91 Å². The fraction of sp³-hybridized carbons (Fsp3) is 0.696. The van der Waals surface area contributed by atoms with Crippen LogP contribution in [0.1, 0.15) is 57.1 Å². The number of benzene rings is 1. The van der Waals surface area contributed by atoms with Crippen LogP contribution < -0.4 is 11.1 Å². The molecule has 1 aliphatic carbocycles. The van der Waals surface area contributed by atoms with Gasteiger partial charge in [-0.05, 0) is 68.8 Å². The van der Waals surface area contributed by atoms with Crippen molar-refractivity contribution >= 4 is 11.6 Å². The van der Waals surface area contributed by atoms with Crippen molar-refractivity contribution in [3.8, 4) is 0 Å². The molecule has 1 aromatic carbocycles. The van der Waals surface area contributed by atoms with Gasteiger partial charge in [0.15, 0.2) is 0 Å². The van der Waals surface area contributed by atoms with Crippen molar-refractivity contribution in [2.45, 2.75) is 70.8 Å². The van der Waals surface area contributed by atoms with Crippen molar-refractivity contribution in [1.82, 2.24) is 10.2 Å². The minimum Gasteiger partial charge on any atom is -0.398 e. The maximum Gasteiger partial charge on any atom is 0.416 e. The van der Waals surface area contributed by atoms with Gasteiger partial charge in [-0.25, -0.2) is 0 Å². The molecule has 1 saturated carbocycles. The summed E-state index contributed by atoms with van der Waals surface area (Å²) in [6, 6.07) is 4.01. The largest absolute Gasteiger partial charge is 0.416 e. The van der Waals surface area contributed by atoms with E-state index >= 15 is 0 Å². The zero-order valence-corrected chi connectivity index (χ0v) is 18.6. The highest BCUT2D eigenvalue weighted by Gasteiger charge is 2.49. The molecule has 3 N–H and O–H groups in total. The molecule has 1 saturated heterocycles. The number of halogens is 3. The average Bonchev–Trinajstić information content (AvgIpc) is 3.19. The number of alkyl halides is 3. The van der Waals surface area contributed by atoms with Gasteiger partial charge in [-0.15, -0.1) is 0 Å². The molecule has 1 heterocycles. The molecule has 0 bridgehead atoms. The van der Waals surface area contributed by atoms with Gasteiger partial charge in [0.1, 0.15) is 0 Å². The van der Waals surface area contributed by atoms with E-state index in [1.54, 1.807) is 0 Å². The summed E-state index contributed by atoms with van der Waals surface area (Å²) < 4.78 is 44.6. The normalized spacial score (nSPS) is 25.4. The first-order chi connectivity index (χ1) is 14.5. The molecule has 0 spiro atoms. The Balaban J connectivity index is 1.69. The van der Waals surface area contributed by atoms with Crippen LogP contribution in [0.15, 0.2) is 18.2 Å². The summed E-state index contributed by atoms with van der Waals surface area (Å²) in [6.45, 7) is 5.64. The van der Waals surface area contributed by atoms with Crippen LogP contribution in [0.25, 0.3) is 0 Å². The Morgan fingerprint density at radius 1 is 1.26 bits per heavy atom. The Bertz CT molecular complexity index is 778. The second-order valence-electron chi connectivity index (χ2n) is 9.31. The molecule has 1 amide bonds. The summed E-state index contributed by atoms with van der Waals surface area (Å²) >= 11 is 0. The Hall–Kier alpha value is -1.80. The quantitative estimate of drug-likeness (QED) is 0.649. The average molecular weight is 442 g/mol. The zero-order chi connectivity index (χ0) is 22.8. The minimum absolute atomic E-state index is 0.0104. The van der Waals surface area contributed by atoms with Crippen LogP contribution in [-0.4, -0.2) is 43.2 Å². The molecule has 0 unspecified atom stereocenters. The number of rotatable bonds is 6. The predicted octanol–water partition coefficient (Wildman–Crippen LogP) is 4.21. The molecular weight excluding hydrogens is 407 g/mol. The van der Waals surface area contributed by atoms with Crippen LogP contribution in [0.5, 0.6) is 0 Å². The van der Waals surface area contributed by atoms with E-state index in [-0.39, 0.29) is 29.6 Å². The van der Waals surface area contributed by atoms with Crippen LogP contribution >= 0.6 is 0 Å². The van der Waals surface area contributed by atoms with Gasteiger partial charge in [-0.2, -0.15) is 13.2 Å². The van der Waals surface area contributed by atoms with Crippen molar-refractivity contribution in [3.63, 3.8) is 0 Å². The summed E-state index contributed by atoms with van der Waals surface area (Å²) in [4.78, 5) is 15.7. The van der Waals surface area contributed by atoms with Gasteiger partial charge >= 0.3 is 6.18 Å². The lowest BCUT2D eigenvalue weighted by atomic mass is 9.74. The fourth-order valence-electron chi connectivity index (χ4n) is 5.07. The Labute approximate surface area is 182 Å². The van der Waals surface area contributed by atoms with Crippen molar-refractivity contribution in [1.29, 1.82) is 0 Å². The number of hydrogen-bond donors (Lipinski definition) is 2. The van der Waals surface area contributed by atoms with Crippen LogP contribution in [0, 0.1) is 11.3 Å². The first-order valence-electron chi connectivity index (χ1n) is 11.1. The summed E-state index contributed by atoms with van der Waals surface area (Å²) in [5, 5.41) is 2.90. The summed E-state index contributed by atoms with van der Waals surface area (Å²) in [7, 11) is 2.14. The van der Waals surface area contributed by atoms with E-state index in [0.29, 0.717) is 12.1 Å². The van der Waals surface area contributed by atoms with Gasteiger partial charge in [0.05, 0.1) is 11.0 Å². The summed E-state index contributed by atoms with van der Waals surface area (Å²) in [5.41, 5.74) is 5.12. The number of carbonyl (C=O) groups is 1. The molecule has 3 rings (SSSR count). The monoisotopic (exact) mass is 441 g/mol. The van der Waals surface area contributed by atoms with E-state index in [9.17, 15) is 18.0 Å². The van der Waals surface area contributed by atoms with Crippen LogP contribution in [0.2, 0.25) is 0 Å². The molecule has 174 valence electrons. The topological polar surface area (TPSA) is 67.6 Å². The third-order valence-corrected chi connectivity index (χ3v) is 7.33. The van der Waals surface area contributed by atoms with Crippen molar-refractivity contribution in [2.75, 3.05) is 26.0 Å². The number of ether oxygens (including phenoxy) is 1. The van der Waals surface area contributed by atoms with E-state index in [2.05, 4.69) is 31.1 Å². The van der Waals surface area contributed by atoms with E-state index in [0.717, 1.165) is 57.5 Å². The van der Waals surface area contributed by atoms with Crippen molar-refractivity contribution < 1.29 is 22.7 Å². The van der Waals surface area contributed by atoms with E-state index < -0.39 is 17.2 Å². The van der Waals surface area contributed by atoms with E-state index in [1.165, 1.54) is 6.07 Å². The number of nitrogens with one attached hydrogen (secondary N) is 1. The zero-order valence-electron chi connectivity index (χ0n) is 18.6. The molecule has 2 aliphatic rings. The van der Waals surface area contributed by atoms with Gasteiger partial charge < -0.3 is 20.7 Å². The molecule has 0 radical (unpaired) electrons. The molecular formula is C23H34F3N3O2. The molecule has 8 heteroatoms. The first-order valence-corrected chi connectivity index (χ1v) is 11.1. The first kappa shape index (κ1) is 23.9. The summed E-state index contributed by atoms with van der Waals surface area (Å²) in [6.07, 6.45) is 0.0187. The molecule has 5 nitrogen and oxygen atoms in total. The SMILES string of the molecule is CC(C)[C@]1(C(=O)NCc2cc(C(F)(F)F)ccc2N)CC[C@@H](N(C)C2CCOCC2)C1. The van der Waals surface area contributed by atoms with Gasteiger partial charge in [0.25, 0.3) is 0 Å². The fourth-order valence-corrected chi connectivity index (χ4v) is 5.07. The van der Waals surface area contributed by atoms with Gasteiger partial charge in [-0.3, -0.25) is 4.79 Å². The Kier molecular flexibility index (Phi) is 7.21. The maximum absolute atomic E-state index is 13.3. The standard InChI is InChI=1S/C23H34F3N3O2/c1-15(2)22(9-6-19(13-22)29(3)18-7-10-31-11-8-18)21(30)28-14-16-12-17(23(24,25)26)4-5-20(16)27/h4-5,12,15,18-19H,6-11,13-14,27H2,1-3H3,(H,28,30)/t19-,22+/m1/s1. The Morgan fingerprint density at radius 2 is 1.94 bits per heavy atom.